The Morgan fingerprint density at radius 1 is 1.31 bits per heavy atom. The highest BCUT2D eigenvalue weighted by Gasteiger charge is 2.24. The lowest BCUT2D eigenvalue weighted by atomic mass is 10.1. The normalized spacial score (nSPS) is 10.9. The molecule has 1 aromatic carbocycles. The number of hydrogen-bond donors (Lipinski definition) is 1. The average molecular weight is 410 g/mol. The minimum Gasteiger partial charge on any atom is -0.462 e. The molecule has 0 bridgehead atoms. The number of nitrogens with two attached hydrogens (primary N) is 1. The number of nitrogens with zero attached hydrogens (tertiary/aromatic N) is 3. The zero-order chi connectivity index (χ0) is 20.5. The highest BCUT2D eigenvalue weighted by molar-refractivity contribution is 7.21. The Balaban J connectivity index is 2.01. The summed E-state index contributed by atoms with van der Waals surface area (Å²) >= 11 is 1.08. The number of rotatable bonds is 5. The number of carbonyl (C=O) groups is 1. The van der Waals surface area contributed by atoms with E-state index in [0.717, 1.165) is 11.3 Å². The second-order valence-corrected chi connectivity index (χ2v) is 6.93. The van der Waals surface area contributed by atoms with Crippen molar-refractivity contribution in [3.05, 3.63) is 57.7 Å². The van der Waals surface area contributed by atoms with Crippen molar-refractivity contribution in [1.82, 2.24) is 9.97 Å². The molecule has 9 nitrogen and oxygen atoms in total. The van der Waals surface area contributed by atoms with E-state index in [1.165, 1.54) is 18.4 Å². The number of thiophene rings is 1. The number of nitrogen functional groups attached to an aromatic ring is 1. The monoisotopic (exact) mass is 410 g/mol. The Labute approximate surface area is 167 Å². The molecule has 3 heterocycles. The average Bonchev–Trinajstić information content (AvgIpc) is 3.36. The molecule has 0 spiro atoms. The van der Waals surface area contributed by atoms with Crippen molar-refractivity contribution in [3.8, 4) is 22.8 Å². The van der Waals surface area contributed by atoms with E-state index in [-0.39, 0.29) is 28.7 Å². The number of esters is 1. The smallest absolute Gasteiger partial charge is 0.350 e. The molecule has 2 N–H and O–H groups in total. The SMILES string of the molecule is CCOC(=O)c1sc2nc(-c3ccco3)nc(-c3cccc([N+](=O)[O-])c3)c2c1N. The van der Waals surface area contributed by atoms with Crippen molar-refractivity contribution in [2.45, 2.75) is 6.92 Å². The molecule has 0 aliphatic heterocycles. The molecule has 0 saturated heterocycles. The molecule has 29 heavy (non-hydrogen) atoms. The van der Waals surface area contributed by atoms with Crippen LogP contribution in [0.2, 0.25) is 0 Å². The number of benzene rings is 1. The molecule has 0 saturated carbocycles. The maximum atomic E-state index is 12.3. The Bertz CT molecular complexity index is 1230. The van der Waals surface area contributed by atoms with Crippen LogP contribution < -0.4 is 5.73 Å². The first-order valence-electron chi connectivity index (χ1n) is 8.55. The highest BCUT2D eigenvalue weighted by Crippen LogP contribution is 2.40. The lowest BCUT2D eigenvalue weighted by Gasteiger charge is -2.06. The number of nitro benzene ring substituents is 1. The number of furan rings is 1. The number of carbonyl (C=O) groups excluding carboxylic acids is 1. The van der Waals surface area contributed by atoms with Crippen LogP contribution in [0, 0.1) is 10.1 Å². The number of hydrogen-bond acceptors (Lipinski definition) is 9. The molecule has 0 radical (unpaired) electrons. The van der Waals surface area contributed by atoms with Gasteiger partial charge in [0.25, 0.3) is 5.69 Å². The summed E-state index contributed by atoms with van der Waals surface area (Å²) in [5, 5.41) is 11.6. The van der Waals surface area contributed by atoms with Gasteiger partial charge in [-0.05, 0) is 19.1 Å². The summed E-state index contributed by atoms with van der Waals surface area (Å²) in [7, 11) is 0. The molecule has 0 amide bonds. The molecule has 0 fully saturated rings. The van der Waals surface area contributed by atoms with Crippen LogP contribution in [0.1, 0.15) is 16.6 Å². The summed E-state index contributed by atoms with van der Waals surface area (Å²) < 4.78 is 10.5. The van der Waals surface area contributed by atoms with E-state index >= 15 is 0 Å². The van der Waals surface area contributed by atoms with Crippen LogP contribution in [-0.4, -0.2) is 27.5 Å². The predicted octanol–water partition coefficient (Wildman–Crippen LogP) is 4.29. The number of fused-ring (bicyclic) bond motifs is 1. The van der Waals surface area contributed by atoms with Crippen LogP contribution in [0.25, 0.3) is 33.1 Å². The first-order chi connectivity index (χ1) is 14.0. The number of aromatic nitrogens is 2. The fraction of sp³-hybridized carbons (Fsp3) is 0.105. The van der Waals surface area contributed by atoms with Crippen LogP contribution >= 0.6 is 11.3 Å². The van der Waals surface area contributed by atoms with Gasteiger partial charge in [0.15, 0.2) is 11.6 Å². The third kappa shape index (κ3) is 3.29. The highest BCUT2D eigenvalue weighted by atomic mass is 32.1. The number of ether oxygens (including phenoxy) is 1. The van der Waals surface area contributed by atoms with Crippen molar-refractivity contribution < 1.29 is 18.9 Å². The van der Waals surface area contributed by atoms with Crippen LogP contribution in [-0.2, 0) is 4.74 Å². The second-order valence-electron chi connectivity index (χ2n) is 5.93. The summed E-state index contributed by atoms with van der Waals surface area (Å²) in [6, 6.07) is 9.42. The van der Waals surface area contributed by atoms with Gasteiger partial charge in [-0.1, -0.05) is 12.1 Å². The van der Waals surface area contributed by atoms with Gasteiger partial charge in [-0.25, -0.2) is 14.8 Å². The van der Waals surface area contributed by atoms with E-state index in [1.807, 2.05) is 0 Å². The van der Waals surface area contributed by atoms with E-state index in [2.05, 4.69) is 9.97 Å². The van der Waals surface area contributed by atoms with Gasteiger partial charge in [0.1, 0.15) is 9.71 Å². The minimum absolute atomic E-state index is 0.0896. The van der Waals surface area contributed by atoms with E-state index in [1.54, 1.807) is 31.2 Å². The van der Waals surface area contributed by atoms with Gasteiger partial charge in [-0.15, -0.1) is 11.3 Å². The summed E-state index contributed by atoms with van der Waals surface area (Å²) in [6.07, 6.45) is 1.49. The van der Waals surface area contributed by atoms with Crippen molar-refractivity contribution in [1.29, 1.82) is 0 Å². The van der Waals surface area contributed by atoms with E-state index in [0.29, 0.717) is 27.2 Å². The Morgan fingerprint density at radius 3 is 2.83 bits per heavy atom. The van der Waals surface area contributed by atoms with E-state index in [4.69, 9.17) is 14.9 Å². The number of anilines is 1. The Morgan fingerprint density at radius 2 is 2.14 bits per heavy atom. The molecule has 0 unspecified atom stereocenters. The molecule has 4 aromatic rings. The zero-order valence-electron chi connectivity index (χ0n) is 15.1. The standard InChI is InChI=1S/C19H14N4O5S/c1-2-27-19(24)16-14(20)13-15(10-5-3-6-11(9-10)23(25)26)21-17(22-18(13)29-16)12-7-4-8-28-12/h3-9H,2,20H2,1H3. The van der Waals surface area contributed by atoms with Crippen molar-refractivity contribution in [3.63, 3.8) is 0 Å². The van der Waals surface area contributed by atoms with Gasteiger partial charge >= 0.3 is 5.97 Å². The third-order valence-electron chi connectivity index (χ3n) is 4.12. The lowest BCUT2D eigenvalue weighted by molar-refractivity contribution is -0.384. The van der Waals surface area contributed by atoms with Gasteiger partial charge in [0.05, 0.1) is 34.6 Å². The molecule has 0 aliphatic rings. The van der Waals surface area contributed by atoms with Crippen LogP contribution in [0.3, 0.4) is 0 Å². The summed E-state index contributed by atoms with van der Waals surface area (Å²) in [4.78, 5) is 32.7. The van der Waals surface area contributed by atoms with Crippen molar-refractivity contribution in [2.24, 2.45) is 0 Å². The maximum absolute atomic E-state index is 12.3. The lowest BCUT2D eigenvalue weighted by Crippen LogP contribution is -2.05. The number of non-ortho nitro benzene ring substituents is 1. The topological polar surface area (TPSA) is 134 Å². The molecule has 10 heteroatoms. The Kier molecular flexibility index (Phi) is 4.69. The van der Waals surface area contributed by atoms with E-state index < -0.39 is 10.9 Å². The van der Waals surface area contributed by atoms with Gasteiger partial charge in [0, 0.05) is 17.7 Å². The molecular weight excluding hydrogens is 396 g/mol. The molecular formula is C19H14N4O5S. The summed E-state index contributed by atoms with van der Waals surface area (Å²) in [6.45, 7) is 1.90. The fourth-order valence-corrected chi connectivity index (χ4v) is 3.85. The molecule has 0 aliphatic carbocycles. The van der Waals surface area contributed by atoms with Crippen molar-refractivity contribution >= 4 is 38.9 Å². The molecule has 146 valence electrons. The fourth-order valence-electron chi connectivity index (χ4n) is 2.86. The van der Waals surface area contributed by atoms with Crippen LogP contribution in [0.4, 0.5) is 11.4 Å². The first kappa shape index (κ1) is 18.6. The van der Waals surface area contributed by atoms with Crippen molar-refractivity contribution in [2.75, 3.05) is 12.3 Å². The first-order valence-corrected chi connectivity index (χ1v) is 9.37. The molecule has 0 atom stereocenters. The largest absolute Gasteiger partial charge is 0.462 e. The van der Waals surface area contributed by atoms with Gasteiger partial charge in [-0.3, -0.25) is 10.1 Å². The quantitative estimate of drug-likeness (QED) is 0.292. The zero-order valence-corrected chi connectivity index (χ0v) is 15.9. The third-order valence-corrected chi connectivity index (χ3v) is 5.20. The van der Waals surface area contributed by atoms with E-state index in [9.17, 15) is 14.9 Å². The number of nitro groups is 1. The molecule has 4 rings (SSSR count). The maximum Gasteiger partial charge on any atom is 0.350 e. The van der Waals surface area contributed by atoms with Crippen LogP contribution in [0.5, 0.6) is 0 Å². The van der Waals surface area contributed by atoms with Crippen LogP contribution in [0.15, 0.2) is 47.1 Å². The minimum atomic E-state index is -0.558. The summed E-state index contributed by atoms with van der Waals surface area (Å²) in [5.41, 5.74) is 7.18. The molecule has 3 aromatic heterocycles. The Hall–Kier alpha value is -3.79. The summed E-state index contributed by atoms with van der Waals surface area (Å²) in [5.74, 6) is 0.140. The van der Waals surface area contributed by atoms with Gasteiger partial charge < -0.3 is 14.9 Å². The van der Waals surface area contributed by atoms with Gasteiger partial charge in [-0.2, -0.15) is 0 Å². The van der Waals surface area contributed by atoms with Gasteiger partial charge in [0.2, 0.25) is 0 Å². The second kappa shape index (κ2) is 7.32. The predicted molar refractivity (Wildman–Crippen MR) is 108 cm³/mol.